The Kier molecular flexibility index (Phi) is 5.43. The Labute approximate surface area is 92.5 Å². The molecule has 0 amide bonds. The molecule has 3 heteroatoms. The van der Waals surface area contributed by atoms with Gasteiger partial charge in [0.25, 0.3) is 0 Å². The molecule has 0 aliphatic heterocycles. The lowest BCUT2D eigenvalue weighted by atomic mass is 10.3. The van der Waals surface area contributed by atoms with Gasteiger partial charge in [-0.25, -0.2) is 0 Å². The van der Waals surface area contributed by atoms with E-state index in [2.05, 4.69) is 43.2 Å². The maximum atomic E-state index is 5.70. The number of nitrogens with one attached hydrogen (secondary N) is 1. The monoisotopic (exact) mass is 210 g/mol. The second kappa shape index (κ2) is 6.64. The van der Waals surface area contributed by atoms with E-state index in [1.165, 1.54) is 6.42 Å². The molecule has 0 bridgehead atoms. The molecule has 0 aliphatic rings. The molecule has 0 atom stereocenters. The largest absolute Gasteiger partial charge is 0.463 e. The highest BCUT2D eigenvalue weighted by Gasteiger charge is 2.04. The first-order chi connectivity index (χ1) is 7.26. The summed E-state index contributed by atoms with van der Waals surface area (Å²) < 4.78 is 5.70. The first-order valence-corrected chi connectivity index (χ1v) is 5.73. The second-order valence-electron chi connectivity index (χ2n) is 3.89. The van der Waals surface area contributed by atoms with Crippen molar-refractivity contribution in [2.75, 3.05) is 20.1 Å². The van der Waals surface area contributed by atoms with Crippen molar-refractivity contribution in [3.63, 3.8) is 0 Å². The van der Waals surface area contributed by atoms with E-state index in [4.69, 9.17) is 4.42 Å². The van der Waals surface area contributed by atoms with Gasteiger partial charge in [-0.05, 0) is 38.7 Å². The van der Waals surface area contributed by atoms with E-state index < -0.39 is 0 Å². The van der Waals surface area contributed by atoms with Crippen LogP contribution in [0, 0.1) is 0 Å². The zero-order valence-corrected chi connectivity index (χ0v) is 10.0. The van der Waals surface area contributed by atoms with Gasteiger partial charge in [0.05, 0.1) is 13.1 Å². The van der Waals surface area contributed by atoms with Crippen LogP contribution in [-0.4, -0.2) is 25.0 Å². The van der Waals surface area contributed by atoms with Gasteiger partial charge in [-0.2, -0.15) is 0 Å². The Morgan fingerprint density at radius 1 is 1.27 bits per heavy atom. The summed E-state index contributed by atoms with van der Waals surface area (Å²) in [6, 6.07) is 4.12. The molecule has 0 aromatic carbocycles. The normalized spacial score (nSPS) is 11.2. The summed E-state index contributed by atoms with van der Waals surface area (Å²) in [5.74, 6) is 2.08. The molecule has 0 unspecified atom stereocenters. The minimum atomic E-state index is 0.827. The molecule has 1 aromatic rings. The third-order valence-corrected chi connectivity index (χ3v) is 2.30. The standard InChI is InChI=1S/C12H22N2O/c1-4-8-14(3)10-12-7-6-11(15-12)9-13-5-2/h6-7,13H,4-5,8-10H2,1-3H3. The molecule has 1 aromatic heterocycles. The molecule has 1 rings (SSSR count). The van der Waals surface area contributed by atoms with Crippen molar-refractivity contribution in [1.82, 2.24) is 10.2 Å². The van der Waals surface area contributed by atoms with E-state index in [9.17, 15) is 0 Å². The van der Waals surface area contributed by atoms with Crippen LogP contribution in [0.25, 0.3) is 0 Å². The van der Waals surface area contributed by atoms with Crippen molar-refractivity contribution < 1.29 is 4.42 Å². The smallest absolute Gasteiger partial charge is 0.118 e. The molecule has 0 spiro atoms. The van der Waals surface area contributed by atoms with Crippen LogP contribution in [0.5, 0.6) is 0 Å². The summed E-state index contributed by atoms with van der Waals surface area (Å²) in [6.07, 6.45) is 1.18. The van der Waals surface area contributed by atoms with Crippen LogP contribution in [0.2, 0.25) is 0 Å². The quantitative estimate of drug-likeness (QED) is 0.748. The van der Waals surface area contributed by atoms with E-state index in [1.807, 2.05) is 0 Å². The van der Waals surface area contributed by atoms with Crippen molar-refractivity contribution in [3.8, 4) is 0 Å². The predicted octanol–water partition coefficient (Wildman–Crippen LogP) is 2.23. The maximum absolute atomic E-state index is 5.70. The lowest BCUT2D eigenvalue weighted by Gasteiger charge is -2.12. The zero-order chi connectivity index (χ0) is 11.1. The van der Waals surface area contributed by atoms with Gasteiger partial charge in [-0.1, -0.05) is 13.8 Å². The van der Waals surface area contributed by atoms with E-state index in [0.717, 1.165) is 37.7 Å². The highest BCUT2D eigenvalue weighted by molar-refractivity contribution is 5.06. The van der Waals surface area contributed by atoms with Gasteiger partial charge in [0, 0.05) is 0 Å². The molecule has 15 heavy (non-hydrogen) atoms. The van der Waals surface area contributed by atoms with Gasteiger partial charge >= 0.3 is 0 Å². The molecule has 0 aliphatic carbocycles. The minimum Gasteiger partial charge on any atom is -0.463 e. The van der Waals surface area contributed by atoms with E-state index in [0.29, 0.717) is 0 Å². The molecule has 0 fully saturated rings. The summed E-state index contributed by atoms with van der Waals surface area (Å²) >= 11 is 0. The predicted molar refractivity (Wildman–Crippen MR) is 62.7 cm³/mol. The second-order valence-corrected chi connectivity index (χ2v) is 3.89. The van der Waals surface area contributed by atoms with Gasteiger partial charge in [0.15, 0.2) is 0 Å². The summed E-state index contributed by atoms with van der Waals surface area (Å²) in [5, 5.41) is 3.25. The lowest BCUT2D eigenvalue weighted by molar-refractivity contribution is 0.290. The minimum absolute atomic E-state index is 0.827. The summed E-state index contributed by atoms with van der Waals surface area (Å²) in [6.45, 7) is 8.11. The fourth-order valence-corrected chi connectivity index (χ4v) is 1.58. The SMILES string of the molecule is CCCN(C)Cc1ccc(CNCC)o1. The van der Waals surface area contributed by atoms with E-state index >= 15 is 0 Å². The van der Waals surface area contributed by atoms with Crippen LogP contribution in [0.4, 0.5) is 0 Å². The Morgan fingerprint density at radius 3 is 2.67 bits per heavy atom. The van der Waals surface area contributed by atoms with Gasteiger partial charge in [-0.15, -0.1) is 0 Å². The van der Waals surface area contributed by atoms with Crippen LogP contribution in [-0.2, 0) is 13.1 Å². The molecule has 3 nitrogen and oxygen atoms in total. The first kappa shape index (κ1) is 12.3. The molecular formula is C12H22N2O. The fraction of sp³-hybridized carbons (Fsp3) is 0.667. The number of rotatable bonds is 7. The summed E-state index contributed by atoms with van der Waals surface area (Å²) in [7, 11) is 2.12. The Balaban J connectivity index is 2.38. The number of hydrogen-bond donors (Lipinski definition) is 1. The Bertz CT molecular complexity index is 270. The van der Waals surface area contributed by atoms with Crippen molar-refractivity contribution in [1.29, 1.82) is 0 Å². The van der Waals surface area contributed by atoms with Crippen molar-refractivity contribution in [2.45, 2.75) is 33.4 Å². The summed E-state index contributed by atoms with van der Waals surface area (Å²) in [5.41, 5.74) is 0. The van der Waals surface area contributed by atoms with Gasteiger partial charge < -0.3 is 9.73 Å². The van der Waals surface area contributed by atoms with Crippen molar-refractivity contribution in [3.05, 3.63) is 23.7 Å². The van der Waals surface area contributed by atoms with E-state index in [1.54, 1.807) is 0 Å². The lowest BCUT2D eigenvalue weighted by Crippen LogP contribution is -2.18. The first-order valence-electron chi connectivity index (χ1n) is 5.73. The molecule has 86 valence electrons. The molecule has 1 heterocycles. The Hall–Kier alpha value is -0.800. The zero-order valence-electron chi connectivity index (χ0n) is 10.0. The third-order valence-electron chi connectivity index (χ3n) is 2.30. The topological polar surface area (TPSA) is 28.4 Å². The number of hydrogen-bond acceptors (Lipinski definition) is 3. The number of nitrogens with zero attached hydrogens (tertiary/aromatic N) is 1. The average molecular weight is 210 g/mol. The maximum Gasteiger partial charge on any atom is 0.118 e. The molecule has 0 radical (unpaired) electrons. The van der Waals surface area contributed by atoms with Crippen LogP contribution in [0.3, 0.4) is 0 Å². The van der Waals surface area contributed by atoms with Crippen LogP contribution in [0.15, 0.2) is 16.5 Å². The molecule has 0 saturated heterocycles. The Morgan fingerprint density at radius 2 is 2.00 bits per heavy atom. The van der Waals surface area contributed by atoms with Crippen LogP contribution in [0.1, 0.15) is 31.8 Å². The highest BCUT2D eigenvalue weighted by Crippen LogP contribution is 2.09. The van der Waals surface area contributed by atoms with Crippen molar-refractivity contribution >= 4 is 0 Å². The highest BCUT2D eigenvalue weighted by atomic mass is 16.3. The summed E-state index contributed by atoms with van der Waals surface area (Å²) in [4.78, 5) is 2.27. The molecule has 0 saturated carbocycles. The van der Waals surface area contributed by atoms with Gasteiger partial charge in [-0.3, -0.25) is 4.90 Å². The van der Waals surface area contributed by atoms with Gasteiger partial charge in [0.1, 0.15) is 11.5 Å². The third kappa shape index (κ3) is 4.49. The van der Waals surface area contributed by atoms with Gasteiger partial charge in [0.2, 0.25) is 0 Å². The molecule has 1 N–H and O–H groups in total. The molecular weight excluding hydrogens is 188 g/mol. The van der Waals surface area contributed by atoms with Crippen LogP contribution < -0.4 is 5.32 Å². The van der Waals surface area contributed by atoms with E-state index in [-0.39, 0.29) is 0 Å². The number of furan rings is 1. The van der Waals surface area contributed by atoms with Crippen LogP contribution >= 0.6 is 0 Å². The van der Waals surface area contributed by atoms with Crippen molar-refractivity contribution in [2.24, 2.45) is 0 Å². The average Bonchev–Trinajstić information content (AvgIpc) is 2.63. The fourth-order valence-electron chi connectivity index (χ4n) is 1.58.